The van der Waals surface area contributed by atoms with Gasteiger partial charge in [0.05, 0.1) is 17.9 Å². The third kappa shape index (κ3) is 5.14. The maximum atomic E-state index is 12.4. The third-order valence-corrected chi connectivity index (χ3v) is 7.18. The van der Waals surface area contributed by atoms with E-state index in [0.29, 0.717) is 18.9 Å². The number of hydrogen-bond donors (Lipinski definition) is 1. The van der Waals surface area contributed by atoms with Crippen molar-refractivity contribution in [2.75, 3.05) is 30.3 Å². The van der Waals surface area contributed by atoms with Gasteiger partial charge in [0, 0.05) is 54.4 Å². The lowest BCUT2D eigenvalue weighted by Crippen LogP contribution is -2.42. The molecule has 2 aromatic heterocycles. The zero-order valence-electron chi connectivity index (χ0n) is 21.1. The number of nitrogens with two attached hydrogens (primary N) is 1. The highest BCUT2D eigenvalue weighted by Crippen LogP contribution is 2.37. The number of hydrogen-bond acceptors (Lipinski definition) is 6. The van der Waals surface area contributed by atoms with Crippen LogP contribution in [0.25, 0.3) is 11.1 Å². The van der Waals surface area contributed by atoms with Crippen LogP contribution in [0.2, 0.25) is 0 Å². The molecule has 0 bridgehead atoms. The molecular weight excluding hydrogens is 476 g/mol. The molecule has 1 aliphatic carbocycles. The number of likely N-dealkylation sites (tertiary alicyclic amines) is 1. The number of ether oxygens (including phenoxy) is 1. The number of nitrogens with zero attached hydrogens (tertiary/aromatic N) is 5. The third-order valence-electron chi connectivity index (χ3n) is 6.82. The number of allylic oxidation sites excluding steroid dienone is 4. The summed E-state index contributed by atoms with van der Waals surface area (Å²) in [6, 6.07) is 2.32. The smallest absolute Gasteiger partial charge is 0.410 e. The summed E-state index contributed by atoms with van der Waals surface area (Å²) in [5, 5.41) is 5.47. The summed E-state index contributed by atoms with van der Waals surface area (Å²) in [6.45, 7) is 7.77. The average molecular weight is 509 g/mol. The Morgan fingerprint density at radius 3 is 2.69 bits per heavy atom. The first-order chi connectivity index (χ1) is 17.2. The zero-order chi connectivity index (χ0) is 25.4. The van der Waals surface area contributed by atoms with Crippen molar-refractivity contribution in [2.45, 2.75) is 58.1 Å². The lowest BCUT2D eigenvalue weighted by atomic mass is 9.93. The molecule has 5 rings (SSSR count). The van der Waals surface area contributed by atoms with Crippen molar-refractivity contribution in [2.24, 2.45) is 0 Å². The van der Waals surface area contributed by atoms with Crippen molar-refractivity contribution < 1.29 is 9.53 Å². The van der Waals surface area contributed by atoms with Crippen LogP contribution < -0.4 is 10.6 Å². The number of fused-ring (bicyclic) bond motifs is 1. The SMILES string of the molecule is CC(C)(C)OC(=O)N1CCC(n2cc(-c3cnc(N)c(N4C=C5CC=CC(Cl)=C5CC4)c3)cn2)CC1. The number of halogens is 1. The maximum Gasteiger partial charge on any atom is 0.410 e. The fraction of sp³-hybridized carbons (Fsp3) is 0.444. The van der Waals surface area contributed by atoms with Gasteiger partial charge < -0.3 is 20.3 Å². The van der Waals surface area contributed by atoms with Gasteiger partial charge in [-0.3, -0.25) is 4.68 Å². The molecule has 0 atom stereocenters. The van der Waals surface area contributed by atoms with Gasteiger partial charge in [0.15, 0.2) is 0 Å². The molecule has 2 aliphatic heterocycles. The number of amides is 1. The molecule has 8 nitrogen and oxygen atoms in total. The molecule has 3 aliphatic rings. The Morgan fingerprint density at radius 2 is 1.94 bits per heavy atom. The topological polar surface area (TPSA) is 89.5 Å². The van der Waals surface area contributed by atoms with E-state index in [4.69, 9.17) is 22.1 Å². The highest BCUT2D eigenvalue weighted by Gasteiger charge is 2.28. The summed E-state index contributed by atoms with van der Waals surface area (Å²) < 4.78 is 7.52. The second-order valence-electron chi connectivity index (χ2n) is 10.6. The Labute approximate surface area is 217 Å². The normalized spacial score (nSPS) is 18.8. The molecule has 0 radical (unpaired) electrons. The van der Waals surface area contributed by atoms with Gasteiger partial charge in [0.25, 0.3) is 0 Å². The van der Waals surface area contributed by atoms with Crippen LogP contribution in [0, 0.1) is 0 Å². The molecule has 0 spiro atoms. The van der Waals surface area contributed by atoms with Gasteiger partial charge in [-0.25, -0.2) is 9.78 Å². The highest BCUT2D eigenvalue weighted by molar-refractivity contribution is 6.32. The zero-order valence-corrected chi connectivity index (χ0v) is 21.8. The number of pyridine rings is 1. The summed E-state index contributed by atoms with van der Waals surface area (Å²) in [7, 11) is 0. The van der Waals surface area contributed by atoms with Crippen molar-refractivity contribution in [3.63, 3.8) is 0 Å². The number of piperidine rings is 1. The number of carbonyl (C=O) groups is 1. The highest BCUT2D eigenvalue weighted by atomic mass is 35.5. The molecule has 4 heterocycles. The molecule has 2 aromatic rings. The fourth-order valence-corrected chi connectivity index (χ4v) is 5.23. The van der Waals surface area contributed by atoms with Crippen molar-refractivity contribution in [3.05, 3.63) is 59.2 Å². The standard InChI is InChI=1S/C27H33ClN6O2/c1-27(2,3)36-26(35)32-10-7-21(8-11-32)34-17-20(15-31-34)19-13-24(25(29)30-14-19)33-12-9-22-18(16-33)5-4-6-23(22)28/h4,6,13-17,21H,5,7-12H2,1-3H3,(H2,29,30). The van der Waals surface area contributed by atoms with E-state index in [2.05, 4.69) is 39.5 Å². The van der Waals surface area contributed by atoms with Crippen molar-refractivity contribution in [3.8, 4) is 11.1 Å². The summed E-state index contributed by atoms with van der Waals surface area (Å²) in [5.74, 6) is 0.502. The Morgan fingerprint density at radius 1 is 1.17 bits per heavy atom. The lowest BCUT2D eigenvalue weighted by Gasteiger charge is -2.33. The van der Waals surface area contributed by atoms with E-state index < -0.39 is 5.60 Å². The lowest BCUT2D eigenvalue weighted by molar-refractivity contribution is 0.0185. The van der Waals surface area contributed by atoms with E-state index in [1.165, 1.54) is 11.1 Å². The minimum Gasteiger partial charge on any atom is -0.444 e. The van der Waals surface area contributed by atoms with Gasteiger partial charge in [-0.1, -0.05) is 17.7 Å². The Bertz CT molecular complexity index is 1250. The van der Waals surface area contributed by atoms with Crippen molar-refractivity contribution in [1.29, 1.82) is 0 Å². The van der Waals surface area contributed by atoms with Gasteiger partial charge in [-0.15, -0.1) is 0 Å². The van der Waals surface area contributed by atoms with Crippen LogP contribution >= 0.6 is 11.6 Å². The molecule has 1 amide bonds. The average Bonchev–Trinajstić information content (AvgIpc) is 3.34. The van der Waals surface area contributed by atoms with Crippen LogP contribution in [-0.4, -0.2) is 51.0 Å². The molecule has 2 N–H and O–H groups in total. The Hall–Kier alpha value is -3.26. The molecule has 0 unspecified atom stereocenters. The van der Waals surface area contributed by atoms with Gasteiger partial charge in [0.1, 0.15) is 11.4 Å². The summed E-state index contributed by atoms with van der Waals surface area (Å²) >= 11 is 6.40. The first-order valence-corrected chi connectivity index (χ1v) is 12.9. The van der Waals surface area contributed by atoms with E-state index in [-0.39, 0.29) is 12.1 Å². The molecular formula is C27H33ClN6O2. The molecule has 9 heteroatoms. The number of carbonyl (C=O) groups excluding carboxylic acids is 1. The van der Waals surface area contributed by atoms with Gasteiger partial charge in [0.2, 0.25) is 0 Å². The molecule has 0 saturated carbocycles. The van der Waals surface area contributed by atoms with Crippen LogP contribution in [0.15, 0.2) is 59.2 Å². The number of anilines is 2. The predicted octanol–water partition coefficient (Wildman–Crippen LogP) is 5.65. The second kappa shape index (κ2) is 9.65. The van der Waals surface area contributed by atoms with Crippen LogP contribution in [-0.2, 0) is 4.74 Å². The van der Waals surface area contributed by atoms with E-state index in [9.17, 15) is 4.79 Å². The summed E-state index contributed by atoms with van der Waals surface area (Å²) in [4.78, 5) is 20.8. The number of aromatic nitrogens is 3. The molecule has 1 saturated heterocycles. The first kappa shape index (κ1) is 24.4. The Balaban J connectivity index is 1.29. The molecule has 1 fully saturated rings. The number of nitrogen functional groups attached to an aromatic ring is 1. The van der Waals surface area contributed by atoms with Crippen LogP contribution in [0.1, 0.15) is 52.5 Å². The predicted molar refractivity (Wildman–Crippen MR) is 143 cm³/mol. The largest absolute Gasteiger partial charge is 0.444 e. The molecule has 0 aromatic carbocycles. The summed E-state index contributed by atoms with van der Waals surface area (Å²) in [6.07, 6.45) is 15.1. The van der Waals surface area contributed by atoms with E-state index in [1.807, 2.05) is 37.7 Å². The minimum absolute atomic E-state index is 0.236. The van der Waals surface area contributed by atoms with Crippen LogP contribution in [0.5, 0.6) is 0 Å². The van der Waals surface area contributed by atoms with Gasteiger partial charge in [-0.05, 0) is 69.7 Å². The minimum atomic E-state index is -0.485. The molecule has 190 valence electrons. The quantitative estimate of drug-likeness (QED) is 0.576. The van der Waals surface area contributed by atoms with Crippen LogP contribution in [0.4, 0.5) is 16.3 Å². The van der Waals surface area contributed by atoms with E-state index in [0.717, 1.165) is 54.1 Å². The van der Waals surface area contributed by atoms with Gasteiger partial charge >= 0.3 is 6.09 Å². The second-order valence-corrected chi connectivity index (χ2v) is 11.0. The summed E-state index contributed by atoms with van der Waals surface area (Å²) in [5.41, 5.74) is 11.1. The number of rotatable bonds is 3. The van der Waals surface area contributed by atoms with Gasteiger partial charge in [-0.2, -0.15) is 5.10 Å². The molecule has 36 heavy (non-hydrogen) atoms. The van der Waals surface area contributed by atoms with Crippen LogP contribution in [0.3, 0.4) is 0 Å². The first-order valence-electron chi connectivity index (χ1n) is 12.5. The maximum absolute atomic E-state index is 12.4. The fourth-order valence-electron chi connectivity index (χ4n) is 4.93. The van der Waals surface area contributed by atoms with E-state index >= 15 is 0 Å². The Kier molecular flexibility index (Phi) is 6.55. The van der Waals surface area contributed by atoms with E-state index in [1.54, 1.807) is 11.1 Å². The van der Waals surface area contributed by atoms with Crippen molar-refractivity contribution >= 4 is 29.2 Å². The van der Waals surface area contributed by atoms with Crippen molar-refractivity contribution in [1.82, 2.24) is 19.7 Å². The monoisotopic (exact) mass is 508 g/mol.